The Morgan fingerprint density at radius 3 is 2.81 bits per heavy atom. The molecule has 0 aliphatic carbocycles. The summed E-state index contributed by atoms with van der Waals surface area (Å²) in [7, 11) is 0. The van der Waals surface area contributed by atoms with E-state index in [1.165, 1.54) is 11.3 Å². The zero-order valence-corrected chi connectivity index (χ0v) is 11.9. The highest BCUT2D eigenvalue weighted by Gasteiger charge is 2.27. The third-order valence-corrected chi connectivity index (χ3v) is 3.39. The standard InChI is InChI=1S/C11H14F3N5OS/c1-6-4-7-8(16-2-3-20-5-11(12,13)14)17-10(19-15)18-9(7)21-6/h4H,2-3,5,15H2,1H3,(H2,16,17,18,19). The third-order valence-electron chi connectivity index (χ3n) is 2.45. The van der Waals surface area contributed by atoms with Crippen LogP contribution >= 0.6 is 11.3 Å². The second kappa shape index (κ2) is 6.41. The molecule has 0 amide bonds. The van der Waals surface area contributed by atoms with Crippen molar-refractivity contribution in [2.45, 2.75) is 13.1 Å². The fourth-order valence-corrected chi connectivity index (χ4v) is 2.55. The van der Waals surface area contributed by atoms with E-state index >= 15 is 0 Å². The lowest BCUT2D eigenvalue weighted by atomic mass is 10.3. The highest BCUT2D eigenvalue weighted by molar-refractivity contribution is 7.18. The number of hydrogen-bond acceptors (Lipinski definition) is 7. The first kappa shape index (κ1) is 15.7. The first-order valence-corrected chi connectivity index (χ1v) is 6.84. The normalized spacial score (nSPS) is 11.9. The first-order chi connectivity index (χ1) is 9.89. The summed E-state index contributed by atoms with van der Waals surface area (Å²) in [4.78, 5) is 10.1. The molecule has 4 N–H and O–H groups in total. The van der Waals surface area contributed by atoms with Gasteiger partial charge < -0.3 is 10.1 Å². The van der Waals surface area contributed by atoms with Crippen LogP contribution in [0.1, 0.15) is 4.88 Å². The zero-order valence-electron chi connectivity index (χ0n) is 11.1. The molecular weight excluding hydrogens is 307 g/mol. The van der Waals surface area contributed by atoms with Gasteiger partial charge in [0.1, 0.15) is 17.3 Å². The zero-order chi connectivity index (χ0) is 15.5. The quantitative estimate of drug-likeness (QED) is 0.430. The summed E-state index contributed by atoms with van der Waals surface area (Å²) < 4.78 is 40.3. The summed E-state index contributed by atoms with van der Waals surface area (Å²) in [6.07, 6.45) is -4.32. The van der Waals surface area contributed by atoms with Crippen LogP contribution in [0.25, 0.3) is 10.2 Å². The van der Waals surface area contributed by atoms with Crippen LogP contribution in [0.4, 0.5) is 24.9 Å². The summed E-state index contributed by atoms with van der Waals surface area (Å²) in [5, 5.41) is 3.73. The second-order valence-corrected chi connectivity index (χ2v) is 5.45. The number of fused-ring (bicyclic) bond motifs is 1. The van der Waals surface area contributed by atoms with Gasteiger partial charge in [0, 0.05) is 11.4 Å². The molecular formula is C11H14F3N5OS. The number of aromatic nitrogens is 2. The van der Waals surface area contributed by atoms with Gasteiger partial charge in [-0.05, 0) is 13.0 Å². The number of nitrogen functional groups attached to an aromatic ring is 1. The number of ether oxygens (including phenoxy) is 1. The Balaban J connectivity index is 2.00. The molecule has 0 saturated carbocycles. The molecule has 0 atom stereocenters. The van der Waals surface area contributed by atoms with Crippen LogP contribution < -0.4 is 16.6 Å². The first-order valence-electron chi connectivity index (χ1n) is 6.02. The molecule has 0 aromatic carbocycles. The minimum Gasteiger partial charge on any atom is -0.370 e. The van der Waals surface area contributed by atoms with Gasteiger partial charge in [-0.25, -0.2) is 10.8 Å². The van der Waals surface area contributed by atoms with Crippen LogP contribution in [-0.4, -0.2) is 35.9 Å². The number of alkyl halides is 3. The number of aryl methyl sites for hydroxylation is 1. The van der Waals surface area contributed by atoms with Crippen molar-refractivity contribution in [3.05, 3.63) is 10.9 Å². The van der Waals surface area contributed by atoms with Crippen LogP contribution in [0.2, 0.25) is 0 Å². The minimum absolute atomic E-state index is 0.0838. The number of nitrogens with zero attached hydrogens (tertiary/aromatic N) is 2. The number of anilines is 2. The molecule has 0 radical (unpaired) electrons. The van der Waals surface area contributed by atoms with Crippen molar-refractivity contribution in [1.82, 2.24) is 9.97 Å². The summed E-state index contributed by atoms with van der Waals surface area (Å²) >= 11 is 1.48. The van der Waals surface area contributed by atoms with Crippen LogP contribution in [0.5, 0.6) is 0 Å². The molecule has 0 bridgehead atoms. The Bertz CT molecular complexity index is 616. The summed E-state index contributed by atoms with van der Waals surface area (Å²) in [6, 6.07) is 1.90. The Kier molecular flexibility index (Phi) is 4.80. The fourth-order valence-electron chi connectivity index (χ4n) is 1.67. The van der Waals surface area contributed by atoms with Gasteiger partial charge in [-0.15, -0.1) is 11.3 Å². The van der Waals surface area contributed by atoms with Gasteiger partial charge in [0.2, 0.25) is 5.95 Å². The highest BCUT2D eigenvalue weighted by Crippen LogP contribution is 2.29. The SMILES string of the molecule is Cc1cc2c(NCCOCC(F)(F)F)nc(NN)nc2s1. The molecule has 2 heterocycles. The van der Waals surface area contributed by atoms with Crippen molar-refractivity contribution in [3.63, 3.8) is 0 Å². The van der Waals surface area contributed by atoms with Gasteiger partial charge in [0.05, 0.1) is 12.0 Å². The number of halogens is 3. The van der Waals surface area contributed by atoms with E-state index in [9.17, 15) is 13.2 Å². The van der Waals surface area contributed by atoms with E-state index in [1.807, 2.05) is 13.0 Å². The van der Waals surface area contributed by atoms with Gasteiger partial charge in [0.25, 0.3) is 0 Å². The predicted molar refractivity (Wildman–Crippen MR) is 75.3 cm³/mol. The van der Waals surface area contributed by atoms with Gasteiger partial charge in [0.15, 0.2) is 0 Å². The monoisotopic (exact) mass is 321 g/mol. The van der Waals surface area contributed by atoms with Crippen LogP contribution in [0.3, 0.4) is 0 Å². The van der Waals surface area contributed by atoms with Gasteiger partial charge in [-0.2, -0.15) is 18.2 Å². The Hall–Kier alpha value is -1.65. The van der Waals surface area contributed by atoms with E-state index in [0.717, 1.165) is 15.1 Å². The van der Waals surface area contributed by atoms with Crippen LogP contribution in [-0.2, 0) is 4.74 Å². The lowest BCUT2D eigenvalue weighted by Gasteiger charge is -2.10. The van der Waals surface area contributed by atoms with Gasteiger partial charge in [-0.1, -0.05) is 0 Å². The maximum absolute atomic E-state index is 11.9. The average Bonchev–Trinajstić information content (AvgIpc) is 2.77. The number of nitrogens with one attached hydrogen (secondary N) is 2. The molecule has 0 aliphatic rings. The molecule has 6 nitrogen and oxygen atoms in total. The molecule has 2 aromatic heterocycles. The molecule has 2 rings (SSSR count). The molecule has 0 spiro atoms. The maximum Gasteiger partial charge on any atom is 0.411 e. The van der Waals surface area contributed by atoms with E-state index in [-0.39, 0.29) is 19.1 Å². The summed E-state index contributed by atoms with van der Waals surface area (Å²) in [5.41, 5.74) is 2.35. The Labute approximate surface area is 122 Å². The minimum atomic E-state index is -4.32. The van der Waals surface area contributed by atoms with Crippen molar-refractivity contribution in [2.24, 2.45) is 5.84 Å². The van der Waals surface area contributed by atoms with E-state index in [0.29, 0.717) is 5.82 Å². The maximum atomic E-state index is 11.9. The second-order valence-electron chi connectivity index (χ2n) is 4.21. The molecule has 116 valence electrons. The van der Waals surface area contributed by atoms with Crippen molar-refractivity contribution in [2.75, 3.05) is 30.5 Å². The fraction of sp³-hybridized carbons (Fsp3) is 0.455. The number of rotatable bonds is 6. The van der Waals surface area contributed by atoms with Crippen molar-refractivity contribution >= 4 is 33.3 Å². The van der Waals surface area contributed by atoms with E-state index in [2.05, 4.69) is 25.4 Å². The largest absolute Gasteiger partial charge is 0.411 e. The Morgan fingerprint density at radius 2 is 2.14 bits per heavy atom. The smallest absolute Gasteiger partial charge is 0.370 e. The predicted octanol–water partition coefficient (Wildman–Crippen LogP) is 2.28. The highest BCUT2D eigenvalue weighted by atomic mass is 32.1. The molecule has 21 heavy (non-hydrogen) atoms. The third kappa shape index (κ3) is 4.41. The van der Waals surface area contributed by atoms with E-state index in [4.69, 9.17) is 5.84 Å². The molecule has 10 heteroatoms. The number of hydrogen-bond donors (Lipinski definition) is 3. The molecule has 0 unspecified atom stereocenters. The van der Waals surface area contributed by atoms with Crippen LogP contribution in [0.15, 0.2) is 6.07 Å². The molecule has 2 aromatic rings. The number of hydrazine groups is 1. The molecule has 0 aliphatic heterocycles. The van der Waals surface area contributed by atoms with Crippen molar-refractivity contribution in [1.29, 1.82) is 0 Å². The molecule has 0 fully saturated rings. The molecule has 0 saturated heterocycles. The van der Waals surface area contributed by atoms with Gasteiger partial charge >= 0.3 is 6.18 Å². The summed E-state index contributed by atoms with van der Waals surface area (Å²) in [5.74, 6) is 6.04. The van der Waals surface area contributed by atoms with E-state index in [1.54, 1.807) is 0 Å². The average molecular weight is 321 g/mol. The number of nitrogens with two attached hydrogens (primary N) is 1. The van der Waals surface area contributed by atoms with Gasteiger partial charge in [-0.3, -0.25) is 5.43 Å². The Morgan fingerprint density at radius 1 is 1.38 bits per heavy atom. The van der Waals surface area contributed by atoms with Crippen molar-refractivity contribution < 1.29 is 17.9 Å². The van der Waals surface area contributed by atoms with E-state index < -0.39 is 12.8 Å². The number of thiophene rings is 1. The van der Waals surface area contributed by atoms with Crippen molar-refractivity contribution in [3.8, 4) is 0 Å². The van der Waals surface area contributed by atoms with Crippen LogP contribution in [0, 0.1) is 6.92 Å². The lowest BCUT2D eigenvalue weighted by Crippen LogP contribution is -2.20. The summed E-state index contributed by atoms with van der Waals surface area (Å²) in [6.45, 7) is 0.778. The topological polar surface area (TPSA) is 85.1 Å². The lowest BCUT2D eigenvalue weighted by molar-refractivity contribution is -0.172.